The summed E-state index contributed by atoms with van der Waals surface area (Å²) in [7, 11) is 0. The van der Waals surface area contributed by atoms with Gasteiger partial charge in [-0.3, -0.25) is 9.78 Å². The van der Waals surface area contributed by atoms with Crippen molar-refractivity contribution < 1.29 is 18.0 Å². The van der Waals surface area contributed by atoms with Crippen LogP contribution in [0.15, 0.2) is 103 Å². The summed E-state index contributed by atoms with van der Waals surface area (Å²) in [6.45, 7) is 11.3. The largest absolute Gasteiger partial charge is 0.412 e. The van der Waals surface area contributed by atoms with Gasteiger partial charge in [0.05, 0.1) is 0 Å². The number of rotatable bonds is 7. The Morgan fingerprint density at radius 2 is 1.81 bits per heavy atom. The number of nitrogens with zero attached hydrogens (tertiary/aromatic N) is 1. The monoisotopic (exact) mass is 510 g/mol. The van der Waals surface area contributed by atoms with E-state index in [9.17, 15) is 18.0 Å². The Bertz CT molecular complexity index is 1090. The molecule has 1 aromatic carbocycles. The smallest absolute Gasteiger partial charge is 0.352 e. The zero-order chi connectivity index (χ0) is 27.7. The molecule has 0 radical (unpaired) electrons. The Morgan fingerprint density at radius 3 is 2.43 bits per heavy atom. The Balaban J connectivity index is 0.000000360. The first-order valence-corrected chi connectivity index (χ1v) is 12.4. The van der Waals surface area contributed by atoms with E-state index in [-0.39, 0.29) is 5.91 Å². The summed E-state index contributed by atoms with van der Waals surface area (Å²) in [5, 5.41) is 2.97. The van der Waals surface area contributed by atoms with Crippen molar-refractivity contribution in [2.24, 2.45) is 0 Å². The van der Waals surface area contributed by atoms with Gasteiger partial charge in [0.25, 0.3) is 5.91 Å². The van der Waals surface area contributed by atoms with Crippen molar-refractivity contribution in [2.45, 2.75) is 53.1 Å². The second-order valence-electron chi connectivity index (χ2n) is 8.13. The summed E-state index contributed by atoms with van der Waals surface area (Å²) in [6, 6.07) is 11.0. The molecule has 1 aliphatic rings. The molecule has 0 saturated heterocycles. The fourth-order valence-corrected chi connectivity index (χ4v) is 3.07. The van der Waals surface area contributed by atoms with E-state index < -0.39 is 11.7 Å². The lowest BCUT2D eigenvalue weighted by atomic mass is 10.1. The van der Waals surface area contributed by atoms with E-state index in [0.717, 1.165) is 37.8 Å². The fourth-order valence-electron chi connectivity index (χ4n) is 3.07. The topological polar surface area (TPSA) is 42.0 Å². The van der Waals surface area contributed by atoms with Crippen molar-refractivity contribution >= 4 is 11.5 Å². The van der Waals surface area contributed by atoms with E-state index in [1.165, 1.54) is 17.3 Å². The van der Waals surface area contributed by atoms with Crippen LogP contribution < -0.4 is 5.32 Å². The first-order valence-electron chi connectivity index (χ1n) is 12.4. The Hall–Kier alpha value is -3.67. The number of carbonyl (C=O) groups excluding carboxylic acids is 1. The highest BCUT2D eigenvalue weighted by molar-refractivity contribution is 5.94. The number of hydrogen-bond acceptors (Lipinski definition) is 2. The molecule has 6 heteroatoms. The van der Waals surface area contributed by atoms with Crippen LogP contribution in [0.2, 0.25) is 0 Å². The molecular formula is C31H37F3N2O. The van der Waals surface area contributed by atoms with Gasteiger partial charge < -0.3 is 5.32 Å². The Morgan fingerprint density at radius 1 is 1.11 bits per heavy atom. The average Bonchev–Trinajstić information content (AvgIpc) is 3.17. The first-order chi connectivity index (χ1) is 17.7. The number of aryl methyl sites for hydroxylation is 1. The second kappa shape index (κ2) is 16.9. The summed E-state index contributed by atoms with van der Waals surface area (Å²) in [5.41, 5.74) is 3.44. The van der Waals surface area contributed by atoms with Crippen molar-refractivity contribution in [3.63, 3.8) is 0 Å². The minimum Gasteiger partial charge on any atom is -0.352 e. The van der Waals surface area contributed by atoms with Crippen LogP contribution in [0.4, 0.5) is 13.2 Å². The predicted molar refractivity (Wildman–Crippen MR) is 148 cm³/mol. The summed E-state index contributed by atoms with van der Waals surface area (Å²) >= 11 is 0. The van der Waals surface area contributed by atoms with E-state index in [2.05, 4.69) is 47.3 Å². The van der Waals surface area contributed by atoms with Crippen LogP contribution in [0.3, 0.4) is 0 Å². The Kier molecular flexibility index (Phi) is 14.3. The minimum absolute atomic E-state index is 0.00952. The van der Waals surface area contributed by atoms with Crippen molar-refractivity contribution in [1.29, 1.82) is 0 Å². The van der Waals surface area contributed by atoms with E-state index in [1.54, 1.807) is 18.3 Å². The van der Waals surface area contributed by atoms with Gasteiger partial charge in [-0.25, -0.2) is 0 Å². The van der Waals surface area contributed by atoms with Crippen molar-refractivity contribution in [2.75, 3.05) is 6.54 Å². The van der Waals surface area contributed by atoms with Gasteiger partial charge in [-0.1, -0.05) is 74.6 Å². The number of pyridine rings is 1. The molecule has 0 atom stereocenters. The third-order valence-electron chi connectivity index (χ3n) is 5.16. The molecule has 0 saturated carbocycles. The van der Waals surface area contributed by atoms with Crippen LogP contribution in [-0.4, -0.2) is 23.6 Å². The van der Waals surface area contributed by atoms with Gasteiger partial charge in [0, 0.05) is 30.1 Å². The number of alkyl halides is 3. The summed E-state index contributed by atoms with van der Waals surface area (Å²) in [5.74, 6) is 0.00952. The van der Waals surface area contributed by atoms with Gasteiger partial charge in [-0.05, 0) is 74.1 Å². The molecule has 0 bridgehead atoms. The molecule has 0 aliphatic heterocycles. The molecule has 0 spiro atoms. The van der Waals surface area contributed by atoms with Gasteiger partial charge in [0.1, 0.15) is 0 Å². The second-order valence-corrected chi connectivity index (χ2v) is 8.13. The van der Waals surface area contributed by atoms with E-state index in [4.69, 9.17) is 0 Å². The summed E-state index contributed by atoms with van der Waals surface area (Å²) in [6.07, 6.45) is 13.4. The molecule has 1 aromatic heterocycles. The summed E-state index contributed by atoms with van der Waals surface area (Å²) in [4.78, 5) is 15.7. The number of amides is 1. The number of aromatic nitrogens is 1. The fraction of sp³-hybridized carbons (Fsp3) is 0.290. The quantitative estimate of drug-likeness (QED) is 0.299. The molecule has 1 heterocycles. The van der Waals surface area contributed by atoms with E-state index in [0.29, 0.717) is 17.7 Å². The first kappa shape index (κ1) is 31.4. The highest BCUT2D eigenvalue weighted by Gasteiger charge is 2.29. The lowest BCUT2D eigenvalue weighted by Crippen LogP contribution is -2.24. The summed E-state index contributed by atoms with van der Waals surface area (Å²) < 4.78 is 36.6. The maximum Gasteiger partial charge on any atom is 0.412 e. The highest BCUT2D eigenvalue weighted by Crippen LogP contribution is 2.27. The zero-order valence-corrected chi connectivity index (χ0v) is 22.1. The van der Waals surface area contributed by atoms with E-state index in [1.807, 2.05) is 45.0 Å². The molecule has 0 fully saturated rings. The highest BCUT2D eigenvalue weighted by atomic mass is 19.4. The van der Waals surface area contributed by atoms with Gasteiger partial charge in [-0.2, -0.15) is 13.2 Å². The maximum atomic E-state index is 12.2. The number of halogens is 3. The van der Waals surface area contributed by atoms with Gasteiger partial charge >= 0.3 is 6.18 Å². The zero-order valence-electron chi connectivity index (χ0n) is 22.1. The number of benzene rings is 1. The number of allylic oxidation sites excluding steroid dienone is 9. The maximum absolute atomic E-state index is 12.2. The number of carbonyl (C=O) groups is 1. The number of nitrogens with one attached hydrogen (secondary N) is 1. The van der Waals surface area contributed by atoms with Crippen LogP contribution >= 0.6 is 0 Å². The third kappa shape index (κ3) is 12.7. The van der Waals surface area contributed by atoms with Crippen LogP contribution in [0.25, 0.3) is 5.57 Å². The molecule has 1 aliphatic carbocycles. The van der Waals surface area contributed by atoms with Gasteiger partial charge in [0.2, 0.25) is 0 Å². The molecule has 2 aromatic rings. The van der Waals surface area contributed by atoms with E-state index >= 15 is 0 Å². The molecule has 3 nitrogen and oxygen atoms in total. The van der Waals surface area contributed by atoms with Gasteiger partial charge in [-0.15, -0.1) is 0 Å². The molecule has 198 valence electrons. The van der Waals surface area contributed by atoms with Crippen LogP contribution in [0.5, 0.6) is 0 Å². The molecular weight excluding hydrogens is 473 g/mol. The SMILES string of the molecule is C=C(/C=C(\C)C(F)(F)F)c1cccnc1.CC.Cc1ccc(C(=O)NCCCC2=CC=CCC=C2)cc1. The van der Waals surface area contributed by atoms with Crippen molar-refractivity contribution in [3.05, 3.63) is 120 Å². The van der Waals surface area contributed by atoms with Crippen molar-refractivity contribution in [3.8, 4) is 0 Å². The standard InChI is InChI=1S/C18H21NO.C11H10F3N.C2H6/c1-15-10-12-17(13-11-15)18(20)19-14-6-9-16-7-4-2-3-5-8-16;1-8(6-9(2)11(12,13)14)10-4-3-5-15-7-10;1-2/h2,4-5,7-8,10-13H,3,6,9,14H2,1H3,(H,19,20);3-7H,1H2,2H3;1-2H3/b;9-6+;. The Labute approximate surface area is 219 Å². The van der Waals surface area contributed by atoms with Crippen LogP contribution in [0, 0.1) is 6.92 Å². The molecule has 1 amide bonds. The van der Waals surface area contributed by atoms with Crippen molar-refractivity contribution in [1.82, 2.24) is 10.3 Å². The minimum atomic E-state index is -4.30. The lowest BCUT2D eigenvalue weighted by Gasteiger charge is -2.07. The normalized spacial score (nSPS) is 12.7. The average molecular weight is 511 g/mol. The molecule has 1 N–H and O–H groups in total. The molecule has 3 rings (SSSR count). The number of hydrogen-bond donors (Lipinski definition) is 1. The molecule has 0 unspecified atom stereocenters. The van der Waals surface area contributed by atoms with Crippen LogP contribution in [-0.2, 0) is 0 Å². The predicted octanol–water partition coefficient (Wildman–Crippen LogP) is 8.58. The lowest BCUT2D eigenvalue weighted by molar-refractivity contribution is -0.0912. The van der Waals surface area contributed by atoms with Crippen LogP contribution in [0.1, 0.15) is 61.5 Å². The third-order valence-corrected chi connectivity index (χ3v) is 5.16. The molecule has 37 heavy (non-hydrogen) atoms. The van der Waals surface area contributed by atoms with Gasteiger partial charge in [0.15, 0.2) is 0 Å².